The van der Waals surface area contributed by atoms with Crippen LogP contribution in [0.15, 0.2) is 0 Å². The predicted molar refractivity (Wildman–Crippen MR) is 141 cm³/mol. The Hall–Kier alpha value is -0.380. The van der Waals surface area contributed by atoms with E-state index in [1.807, 2.05) is 67.8 Å². The molecule has 180 valence electrons. The van der Waals surface area contributed by atoms with E-state index in [-0.39, 0.29) is 46.6 Å². The van der Waals surface area contributed by atoms with Gasteiger partial charge < -0.3 is 41.1 Å². The maximum Gasteiger partial charge on any atom is 0.253 e. The molecule has 3 amide bonds. The number of aliphatic hydroxyl groups is 5. The fraction of sp³-hybridized carbons (Fsp3) is 0.500. The standard InChI is InChI=1S/C18H24I3N3O8/c1-8(28)24(5-10(30)7-27)16-14(20)11(17(31)22-2-3-25)13(19)12(15(16)21)18(32)23-4-9(29)6-26/h9-10,25-27,29-30H,2-7H2,1H3,(H,22,31)(H,23,32)/t9-,10-/m1/s1. The SMILES string of the molecule is CC(=O)N(C[C@@H](O)CO)c1c(I)c(C(=O)NCCO)c(I)c(C(=O)NC[C@@H](O)CO)c1I. The van der Waals surface area contributed by atoms with Gasteiger partial charge in [-0.25, -0.2) is 0 Å². The third-order valence-corrected chi connectivity index (χ3v) is 7.29. The van der Waals surface area contributed by atoms with Crippen molar-refractivity contribution in [3.63, 3.8) is 0 Å². The molecule has 0 saturated carbocycles. The number of halogens is 3. The lowest BCUT2D eigenvalue weighted by Crippen LogP contribution is -2.40. The zero-order chi connectivity index (χ0) is 24.6. The molecule has 0 aliphatic rings. The smallest absolute Gasteiger partial charge is 0.253 e. The lowest BCUT2D eigenvalue weighted by molar-refractivity contribution is -0.117. The van der Waals surface area contributed by atoms with E-state index in [1.54, 1.807) is 0 Å². The molecule has 2 atom stereocenters. The van der Waals surface area contributed by atoms with Crippen LogP contribution >= 0.6 is 67.8 Å². The molecule has 7 N–H and O–H groups in total. The molecule has 0 unspecified atom stereocenters. The summed E-state index contributed by atoms with van der Waals surface area (Å²) in [4.78, 5) is 39.4. The van der Waals surface area contributed by atoms with Crippen molar-refractivity contribution in [2.45, 2.75) is 19.1 Å². The van der Waals surface area contributed by atoms with Crippen LogP contribution < -0.4 is 15.5 Å². The molecule has 0 spiro atoms. The second kappa shape index (κ2) is 14.1. The fourth-order valence-electron chi connectivity index (χ4n) is 2.55. The Labute approximate surface area is 225 Å². The maximum absolute atomic E-state index is 12.9. The van der Waals surface area contributed by atoms with Crippen molar-refractivity contribution < 1.29 is 39.9 Å². The molecule has 0 bridgehead atoms. The molecule has 0 aliphatic carbocycles. The Balaban J connectivity index is 3.74. The van der Waals surface area contributed by atoms with Gasteiger partial charge in [-0.1, -0.05) is 0 Å². The molecular formula is C18H24I3N3O8. The highest BCUT2D eigenvalue weighted by atomic mass is 127. The molecule has 0 heterocycles. The van der Waals surface area contributed by atoms with E-state index >= 15 is 0 Å². The lowest BCUT2D eigenvalue weighted by Gasteiger charge is -2.28. The highest BCUT2D eigenvalue weighted by Gasteiger charge is 2.32. The molecular weight excluding hydrogens is 767 g/mol. The van der Waals surface area contributed by atoms with Crippen LogP contribution in [0.4, 0.5) is 5.69 Å². The van der Waals surface area contributed by atoms with E-state index in [1.165, 1.54) is 11.8 Å². The number of anilines is 1. The second-order valence-electron chi connectivity index (χ2n) is 6.53. The van der Waals surface area contributed by atoms with Crippen molar-refractivity contribution in [1.82, 2.24) is 10.6 Å². The summed E-state index contributed by atoms with van der Waals surface area (Å²) in [5, 5.41) is 51.8. The van der Waals surface area contributed by atoms with Gasteiger partial charge in [0.05, 0.1) is 62.5 Å². The molecule has 1 aromatic carbocycles. The van der Waals surface area contributed by atoms with Crippen LogP contribution in [0.25, 0.3) is 0 Å². The molecule has 0 radical (unpaired) electrons. The Kier molecular flexibility index (Phi) is 13.1. The predicted octanol–water partition coefficient (Wildman–Crippen LogP) is -0.988. The van der Waals surface area contributed by atoms with Gasteiger partial charge in [-0.2, -0.15) is 0 Å². The van der Waals surface area contributed by atoms with Crippen molar-refractivity contribution in [3.05, 3.63) is 21.8 Å². The number of rotatable bonds is 11. The minimum absolute atomic E-state index is 0.0316. The van der Waals surface area contributed by atoms with Gasteiger partial charge in [0.2, 0.25) is 5.91 Å². The average Bonchev–Trinajstić information content (AvgIpc) is 2.74. The van der Waals surface area contributed by atoms with Gasteiger partial charge in [-0.05, 0) is 67.8 Å². The van der Waals surface area contributed by atoms with Crippen molar-refractivity contribution in [1.29, 1.82) is 0 Å². The third kappa shape index (κ3) is 7.57. The van der Waals surface area contributed by atoms with Crippen LogP contribution in [-0.2, 0) is 4.79 Å². The highest BCUT2D eigenvalue weighted by Crippen LogP contribution is 2.38. The first-order valence-electron chi connectivity index (χ1n) is 9.25. The quantitative estimate of drug-likeness (QED) is 0.140. The number of nitrogens with zero attached hydrogens (tertiary/aromatic N) is 1. The third-order valence-electron chi connectivity index (χ3n) is 4.11. The summed E-state index contributed by atoms with van der Waals surface area (Å²) in [6.45, 7) is -0.761. The molecule has 0 aromatic heterocycles. The molecule has 1 rings (SSSR count). The molecule has 0 aliphatic heterocycles. The van der Waals surface area contributed by atoms with Gasteiger partial charge in [0.1, 0.15) is 0 Å². The van der Waals surface area contributed by atoms with Crippen molar-refractivity contribution in [2.24, 2.45) is 0 Å². The molecule has 0 fully saturated rings. The van der Waals surface area contributed by atoms with Gasteiger partial charge in [0, 0.05) is 23.6 Å². The van der Waals surface area contributed by atoms with Gasteiger partial charge in [-0.15, -0.1) is 0 Å². The van der Waals surface area contributed by atoms with E-state index in [9.17, 15) is 29.7 Å². The Morgan fingerprint density at radius 2 is 1.38 bits per heavy atom. The van der Waals surface area contributed by atoms with E-state index in [0.29, 0.717) is 7.14 Å². The number of aliphatic hydroxyl groups excluding tert-OH is 5. The Bertz CT molecular complexity index is 855. The summed E-state index contributed by atoms with van der Waals surface area (Å²) >= 11 is 5.56. The van der Waals surface area contributed by atoms with Crippen LogP contribution in [0.1, 0.15) is 27.6 Å². The van der Waals surface area contributed by atoms with Crippen molar-refractivity contribution in [2.75, 3.05) is 44.4 Å². The number of carbonyl (C=O) groups excluding carboxylic acids is 3. The monoisotopic (exact) mass is 791 g/mol. The number of nitrogens with one attached hydrogen (secondary N) is 2. The minimum atomic E-state index is -1.26. The van der Waals surface area contributed by atoms with E-state index < -0.39 is 43.1 Å². The van der Waals surface area contributed by atoms with Gasteiger partial charge in [-0.3, -0.25) is 14.4 Å². The first-order valence-corrected chi connectivity index (χ1v) is 12.5. The maximum atomic E-state index is 12.9. The van der Waals surface area contributed by atoms with Gasteiger partial charge in [0.25, 0.3) is 11.8 Å². The van der Waals surface area contributed by atoms with Crippen molar-refractivity contribution in [3.8, 4) is 0 Å². The number of carbonyl (C=O) groups is 3. The number of benzene rings is 1. The van der Waals surface area contributed by atoms with E-state index in [4.69, 9.17) is 10.2 Å². The summed E-state index contributed by atoms with van der Waals surface area (Å²) in [7, 11) is 0. The number of hydrogen-bond acceptors (Lipinski definition) is 8. The Morgan fingerprint density at radius 1 is 0.875 bits per heavy atom. The summed E-state index contributed by atoms with van der Waals surface area (Å²) in [5.41, 5.74) is 0.354. The topological polar surface area (TPSA) is 180 Å². The largest absolute Gasteiger partial charge is 0.395 e. The molecule has 1 aromatic rings. The summed E-state index contributed by atoms with van der Waals surface area (Å²) in [6, 6.07) is 0. The summed E-state index contributed by atoms with van der Waals surface area (Å²) < 4.78 is 0.920. The lowest BCUT2D eigenvalue weighted by atomic mass is 10.1. The highest BCUT2D eigenvalue weighted by molar-refractivity contribution is 14.1. The van der Waals surface area contributed by atoms with Crippen LogP contribution in [0.5, 0.6) is 0 Å². The number of hydrogen-bond donors (Lipinski definition) is 7. The van der Waals surface area contributed by atoms with E-state index in [2.05, 4.69) is 10.6 Å². The fourth-order valence-corrected chi connectivity index (χ4v) is 7.28. The first-order chi connectivity index (χ1) is 15.0. The normalized spacial score (nSPS) is 12.8. The second-order valence-corrected chi connectivity index (χ2v) is 9.77. The summed E-state index contributed by atoms with van der Waals surface area (Å²) in [5.74, 6) is -1.72. The molecule has 11 nitrogen and oxygen atoms in total. The van der Waals surface area contributed by atoms with E-state index in [0.717, 1.165) is 0 Å². The van der Waals surface area contributed by atoms with Crippen LogP contribution in [0.3, 0.4) is 0 Å². The van der Waals surface area contributed by atoms with Crippen LogP contribution in [-0.4, -0.2) is 94.9 Å². The molecule has 14 heteroatoms. The number of amides is 3. The zero-order valence-corrected chi connectivity index (χ0v) is 23.4. The zero-order valence-electron chi connectivity index (χ0n) is 16.9. The molecule has 32 heavy (non-hydrogen) atoms. The van der Waals surface area contributed by atoms with Crippen LogP contribution in [0, 0.1) is 10.7 Å². The Morgan fingerprint density at radius 3 is 1.81 bits per heavy atom. The first kappa shape index (κ1) is 29.7. The summed E-state index contributed by atoms with van der Waals surface area (Å²) in [6.07, 6.45) is -2.44. The van der Waals surface area contributed by atoms with Crippen molar-refractivity contribution >= 4 is 91.2 Å². The molecule has 0 saturated heterocycles. The van der Waals surface area contributed by atoms with Gasteiger partial charge >= 0.3 is 0 Å². The van der Waals surface area contributed by atoms with Gasteiger partial charge in [0.15, 0.2) is 0 Å². The average molecular weight is 791 g/mol. The van der Waals surface area contributed by atoms with Crippen LogP contribution in [0.2, 0.25) is 0 Å². The minimum Gasteiger partial charge on any atom is -0.395 e.